The number of carbonyl (C=O) groups is 3. The van der Waals surface area contributed by atoms with Crippen molar-refractivity contribution in [3.8, 4) is 17.1 Å². The molecule has 52 heavy (non-hydrogen) atoms. The zero-order chi connectivity index (χ0) is 37.2. The van der Waals surface area contributed by atoms with Crippen LogP contribution in [0.2, 0.25) is 25.7 Å². The molecular weight excluding hydrogens is 675 g/mol. The summed E-state index contributed by atoms with van der Waals surface area (Å²) in [7, 11) is -1.47. The van der Waals surface area contributed by atoms with Gasteiger partial charge in [-0.1, -0.05) is 63.0 Å². The Bertz CT molecular complexity index is 2130. The maximum atomic E-state index is 13.7. The number of aliphatic hydroxyl groups is 2. The number of aliphatic hydroxyl groups excluding tert-OH is 1. The number of hydrogen-bond acceptors (Lipinski definition) is 9. The summed E-state index contributed by atoms with van der Waals surface area (Å²) in [5.74, 6) is -0.367. The van der Waals surface area contributed by atoms with E-state index in [9.17, 15) is 24.3 Å². The summed E-state index contributed by atoms with van der Waals surface area (Å²) in [4.78, 5) is 56.0. The van der Waals surface area contributed by atoms with Gasteiger partial charge in [0.05, 0.1) is 23.4 Å². The lowest BCUT2D eigenvalue weighted by Crippen LogP contribution is -2.43. The zero-order valence-corrected chi connectivity index (χ0v) is 31.4. The lowest BCUT2D eigenvalue weighted by molar-refractivity contribution is -0.140. The van der Waals surface area contributed by atoms with E-state index in [0.29, 0.717) is 60.7 Å². The standard InChI is InChI=1S/C41H47N3O7Si/c1-5-41(50)33-22-35-39-28(24-44(35)40(49)31(33)14-17-37(41)47)21-32-30(18-20-52(2,3)4)36(16-15-34(32)43-39)51-38(48)7-6-19-42-23-27-10-8-26(9-11-27)12-13-29(46)25-45/h8-13,15-16,21-22,42,45,50H,5-7,14,17-20,23-25H2,1-4H3/b13-12+/t41-/m0/s1. The second-order valence-electron chi connectivity index (χ2n) is 15.1. The van der Waals surface area contributed by atoms with Crippen molar-refractivity contribution in [2.24, 2.45) is 0 Å². The van der Waals surface area contributed by atoms with Gasteiger partial charge in [-0.05, 0) is 73.7 Å². The minimum absolute atomic E-state index is 0.144. The molecule has 0 fully saturated rings. The summed E-state index contributed by atoms with van der Waals surface area (Å²) in [5.41, 5.74) is 4.82. The Balaban J connectivity index is 1.17. The molecule has 0 bridgehead atoms. The molecule has 0 saturated heterocycles. The largest absolute Gasteiger partial charge is 0.426 e. The lowest BCUT2D eigenvalue weighted by Gasteiger charge is -2.32. The van der Waals surface area contributed by atoms with Crippen molar-refractivity contribution in [3.05, 3.63) is 98.3 Å². The molecule has 4 aromatic rings. The number of nitrogens with zero attached hydrogens (tertiary/aromatic N) is 2. The molecule has 3 heterocycles. The summed E-state index contributed by atoms with van der Waals surface area (Å²) in [5, 5.41) is 24.5. The Morgan fingerprint density at radius 2 is 1.85 bits per heavy atom. The Morgan fingerprint density at radius 1 is 1.08 bits per heavy atom. The highest BCUT2D eigenvalue weighted by molar-refractivity contribution is 6.76. The average Bonchev–Trinajstić information content (AvgIpc) is 3.48. The van der Waals surface area contributed by atoms with Crippen LogP contribution in [0.4, 0.5) is 0 Å². The van der Waals surface area contributed by atoms with Gasteiger partial charge >= 0.3 is 5.97 Å². The molecule has 11 heteroatoms. The molecule has 0 unspecified atom stereocenters. The van der Waals surface area contributed by atoms with Gasteiger partial charge in [0.1, 0.15) is 18.0 Å². The summed E-state index contributed by atoms with van der Waals surface area (Å²) < 4.78 is 7.72. The van der Waals surface area contributed by atoms with E-state index in [0.717, 1.165) is 45.6 Å². The Kier molecular flexibility index (Phi) is 10.9. The predicted octanol–water partition coefficient (Wildman–Crippen LogP) is 5.47. The number of ketones is 2. The molecule has 272 valence electrons. The summed E-state index contributed by atoms with van der Waals surface area (Å²) in [6.07, 6.45) is 5.27. The number of pyridine rings is 2. The first kappa shape index (κ1) is 37.2. The fourth-order valence-electron chi connectivity index (χ4n) is 7.08. The fourth-order valence-corrected chi connectivity index (χ4v) is 8.08. The fraction of sp³-hybridized carbons (Fsp3) is 0.390. The number of carbonyl (C=O) groups excluding carboxylic acids is 3. The van der Waals surface area contributed by atoms with Gasteiger partial charge in [-0.3, -0.25) is 19.2 Å². The first-order valence-corrected chi connectivity index (χ1v) is 21.8. The van der Waals surface area contributed by atoms with Crippen LogP contribution in [0.5, 0.6) is 5.75 Å². The maximum Gasteiger partial charge on any atom is 0.311 e. The molecule has 1 atom stereocenters. The number of nitrogens with one attached hydrogen (secondary N) is 1. The van der Waals surface area contributed by atoms with Gasteiger partial charge in [-0.25, -0.2) is 4.98 Å². The third-order valence-corrected chi connectivity index (χ3v) is 11.9. The topological polar surface area (TPSA) is 148 Å². The van der Waals surface area contributed by atoms with Crippen LogP contribution in [0.1, 0.15) is 66.0 Å². The monoisotopic (exact) mass is 721 g/mol. The van der Waals surface area contributed by atoms with Gasteiger partial charge in [0, 0.05) is 55.1 Å². The molecule has 0 saturated carbocycles. The quantitative estimate of drug-likeness (QED) is 0.0447. The molecular formula is C41H47N3O7Si. The van der Waals surface area contributed by atoms with Crippen molar-refractivity contribution in [2.75, 3.05) is 13.2 Å². The molecule has 2 aliphatic rings. The van der Waals surface area contributed by atoms with E-state index in [1.807, 2.05) is 36.4 Å². The number of Topliss-reactive ketones (excluding diaryl/α,β-unsaturated/α-hetero) is 1. The number of benzene rings is 2. The zero-order valence-electron chi connectivity index (χ0n) is 30.4. The number of aromatic nitrogens is 2. The number of rotatable bonds is 14. The minimum Gasteiger partial charge on any atom is -0.426 e. The van der Waals surface area contributed by atoms with Gasteiger partial charge in [0.25, 0.3) is 5.56 Å². The Morgan fingerprint density at radius 3 is 2.56 bits per heavy atom. The van der Waals surface area contributed by atoms with Gasteiger partial charge < -0.3 is 24.8 Å². The summed E-state index contributed by atoms with van der Waals surface area (Å²) in [6, 6.07) is 16.3. The molecule has 0 radical (unpaired) electrons. The molecule has 3 N–H and O–H groups in total. The van der Waals surface area contributed by atoms with E-state index in [4.69, 9.17) is 14.8 Å². The minimum atomic E-state index is -1.67. The van der Waals surface area contributed by atoms with Gasteiger partial charge in [0.15, 0.2) is 11.6 Å². The molecule has 2 aromatic carbocycles. The Hall–Kier alpha value is -4.55. The van der Waals surface area contributed by atoms with Crippen molar-refractivity contribution in [1.29, 1.82) is 0 Å². The van der Waals surface area contributed by atoms with Gasteiger partial charge in [-0.15, -0.1) is 0 Å². The lowest BCUT2D eigenvalue weighted by atomic mass is 9.77. The maximum absolute atomic E-state index is 13.7. The number of aryl methyl sites for hydroxylation is 1. The summed E-state index contributed by atoms with van der Waals surface area (Å²) in [6.45, 7) is 9.80. The molecule has 6 rings (SSSR count). The molecule has 10 nitrogen and oxygen atoms in total. The van der Waals surface area contributed by atoms with Crippen LogP contribution in [-0.2, 0) is 45.9 Å². The van der Waals surface area contributed by atoms with Crippen LogP contribution in [0, 0.1) is 0 Å². The highest BCUT2D eigenvalue weighted by Crippen LogP contribution is 2.40. The molecule has 2 aromatic heterocycles. The van der Waals surface area contributed by atoms with Crippen molar-refractivity contribution >= 4 is 42.6 Å². The molecule has 0 spiro atoms. The van der Waals surface area contributed by atoms with E-state index in [2.05, 4.69) is 31.0 Å². The van der Waals surface area contributed by atoms with Crippen molar-refractivity contribution in [3.63, 3.8) is 0 Å². The van der Waals surface area contributed by atoms with Crippen LogP contribution >= 0.6 is 0 Å². The number of hydrogen-bond donors (Lipinski definition) is 3. The summed E-state index contributed by atoms with van der Waals surface area (Å²) >= 11 is 0. The normalized spacial score (nSPS) is 16.6. The number of esters is 1. The van der Waals surface area contributed by atoms with E-state index in [1.54, 1.807) is 23.6 Å². The Labute approximate surface area is 304 Å². The smallest absolute Gasteiger partial charge is 0.311 e. The van der Waals surface area contributed by atoms with Crippen LogP contribution in [-0.4, -0.2) is 58.5 Å². The third-order valence-electron chi connectivity index (χ3n) is 10.1. The third kappa shape index (κ3) is 7.78. The van der Waals surface area contributed by atoms with Crippen LogP contribution < -0.4 is 15.6 Å². The second-order valence-corrected chi connectivity index (χ2v) is 20.7. The van der Waals surface area contributed by atoms with Crippen molar-refractivity contribution < 1.29 is 29.3 Å². The first-order chi connectivity index (χ1) is 24.8. The predicted molar refractivity (Wildman–Crippen MR) is 204 cm³/mol. The molecule has 1 aliphatic carbocycles. The number of fused-ring (bicyclic) bond motifs is 5. The highest BCUT2D eigenvalue weighted by Gasteiger charge is 2.43. The van der Waals surface area contributed by atoms with Crippen LogP contribution in [0.3, 0.4) is 0 Å². The van der Waals surface area contributed by atoms with E-state index in [1.165, 1.54) is 6.08 Å². The van der Waals surface area contributed by atoms with Crippen LogP contribution in [0.15, 0.2) is 59.4 Å². The number of ether oxygens (including phenoxy) is 1. The van der Waals surface area contributed by atoms with Crippen molar-refractivity contribution in [2.45, 2.75) is 89.8 Å². The molecule has 0 amide bonds. The van der Waals surface area contributed by atoms with Gasteiger partial charge in [-0.2, -0.15) is 0 Å². The van der Waals surface area contributed by atoms with E-state index in [-0.39, 0.29) is 42.4 Å². The average molecular weight is 722 g/mol. The van der Waals surface area contributed by atoms with E-state index >= 15 is 0 Å². The van der Waals surface area contributed by atoms with Gasteiger partial charge in [0.2, 0.25) is 0 Å². The highest BCUT2D eigenvalue weighted by atomic mass is 28.3. The van der Waals surface area contributed by atoms with Crippen molar-refractivity contribution in [1.82, 2.24) is 14.9 Å². The van der Waals surface area contributed by atoms with Crippen LogP contribution in [0.25, 0.3) is 28.4 Å². The molecule has 1 aliphatic heterocycles. The SMILES string of the molecule is CC[C@@]1(O)C(=O)CCc2c1cc1n(c2=O)Cc2cc3c(CC[Si](C)(C)C)c(OC(=O)CCCNCc4ccc(/C=C/C(=O)CO)cc4)ccc3nc2-1. The second kappa shape index (κ2) is 15.2. The van der Waals surface area contributed by atoms with E-state index < -0.39 is 20.3 Å². The first-order valence-electron chi connectivity index (χ1n) is 18.1.